The average molecular weight is 414 g/mol. The Morgan fingerprint density at radius 1 is 0.885 bits per heavy atom. The Kier molecular flexibility index (Phi) is 6.42. The molecule has 0 aliphatic heterocycles. The van der Waals surface area contributed by atoms with Gasteiger partial charge in [-0.15, -0.1) is 0 Å². The minimum Gasteiger partial charge on any atom is -0.489 e. The van der Waals surface area contributed by atoms with E-state index in [1.807, 2.05) is 12.1 Å². The Morgan fingerprint density at radius 2 is 1.58 bits per heavy atom. The van der Waals surface area contributed by atoms with Crippen LogP contribution in [0.15, 0.2) is 71.2 Å². The van der Waals surface area contributed by atoms with E-state index in [9.17, 15) is 4.39 Å². The van der Waals surface area contributed by atoms with Crippen molar-refractivity contribution in [3.05, 3.63) is 99.3 Å². The van der Waals surface area contributed by atoms with Crippen molar-refractivity contribution in [2.24, 2.45) is 0 Å². The molecule has 0 heterocycles. The van der Waals surface area contributed by atoms with Gasteiger partial charge in [0, 0.05) is 23.1 Å². The van der Waals surface area contributed by atoms with Crippen LogP contribution in [0.25, 0.3) is 0 Å². The van der Waals surface area contributed by atoms with E-state index in [4.69, 9.17) is 4.74 Å². The van der Waals surface area contributed by atoms with Gasteiger partial charge in [-0.2, -0.15) is 0 Å². The van der Waals surface area contributed by atoms with Crippen molar-refractivity contribution in [2.45, 2.75) is 26.6 Å². The molecular formula is C22H21BrFNO. The number of benzene rings is 3. The largest absolute Gasteiger partial charge is 0.489 e. The molecule has 3 aromatic carbocycles. The summed E-state index contributed by atoms with van der Waals surface area (Å²) >= 11 is 3.52. The SMILES string of the molecule is Cc1ccc(COc2ccc(Br)cc2CNCc2ccc(F)cc2)cc1. The van der Waals surface area contributed by atoms with Crippen molar-refractivity contribution >= 4 is 15.9 Å². The standard InChI is InChI=1S/C22H21BrFNO/c1-16-2-4-18(5-3-16)15-26-22-11-8-20(23)12-19(22)14-25-13-17-6-9-21(24)10-7-17/h2-12,25H,13-15H2,1H3. The van der Waals surface area contributed by atoms with Crippen molar-refractivity contribution in [1.82, 2.24) is 5.32 Å². The normalized spacial score (nSPS) is 10.7. The molecule has 0 atom stereocenters. The number of halogens is 2. The molecule has 1 N–H and O–H groups in total. The molecule has 0 fully saturated rings. The summed E-state index contributed by atoms with van der Waals surface area (Å²) in [5.74, 6) is 0.646. The van der Waals surface area contributed by atoms with E-state index in [1.165, 1.54) is 17.7 Å². The van der Waals surface area contributed by atoms with E-state index in [0.29, 0.717) is 19.7 Å². The lowest BCUT2D eigenvalue weighted by atomic mass is 10.1. The van der Waals surface area contributed by atoms with Gasteiger partial charge in [0.15, 0.2) is 0 Å². The summed E-state index contributed by atoms with van der Waals surface area (Å²) in [6.45, 7) is 3.95. The molecule has 0 aliphatic carbocycles. The highest BCUT2D eigenvalue weighted by atomic mass is 79.9. The molecule has 134 valence electrons. The molecule has 0 amide bonds. The summed E-state index contributed by atoms with van der Waals surface area (Å²) in [6, 6.07) is 20.9. The second kappa shape index (κ2) is 8.97. The Balaban J connectivity index is 1.61. The van der Waals surface area contributed by atoms with Gasteiger partial charge in [-0.1, -0.05) is 57.9 Å². The molecule has 0 saturated carbocycles. The van der Waals surface area contributed by atoms with Crippen LogP contribution in [0, 0.1) is 12.7 Å². The zero-order valence-corrected chi connectivity index (χ0v) is 16.2. The van der Waals surface area contributed by atoms with Gasteiger partial charge < -0.3 is 10.1 Å². The van der Waals surface area contributed by atoms with Crippen LogP contribution in [0.1, 0.15) is 22.3 Å². The van der Waals surface area contributed by atoms with Gasteiger partial charge in [0.1, 0.15) is 18.2 Å². The zero-order chi connectivity index (χ0) is 18.4. The van der Waals surface area contributed by atoms with Crippen LogP contribution >= 0.6 is 15.9 Å². The number of ether oxygens (including phenoxy) is 1. The van der Waals surface area contributed by atoms with E-state index >= 15 is 0 Å². The number of hydrogen-bond acceptors (Lipinski definition) is 2. The highest BCUT2D eigenvalue weighted by molar-refractivity contribution is 9.10. The lowest BCUT2D eigenvalue weighted by molar-refractivity contribution is 0.302. The number of nitrogens with one attached hydrogen (secondary N) is 1. The fourth-order valence-corrected chi connectivity index (χ4v) is 3.02. The molecule has 3 aromatic rings. The fraction of sp³-hybridized carbons (Fsp3) is 0.182. The third-order valence-electron chi connectivity index (χ3n) is 4.10. The minimum atomic E-state index is -0.215. The highest BCUT2D eigenvalue weighted by Gasteiger charge is 2.06. The lowest BCUT2D eigenvalue weighted by Gasteiger charge is -2.13. The van der Waals surface area contributed by atoms with Crippen molar-refractivity contribution in [1.29, 1.82) is 0 Å². The third kappa shape index (κ3) is 5.41. The maximum atomic E-state index is 13.0. The quantitative estimate of drug-likeness (QED) is 0.530. The van der Waals surface area contributed by atoms with Gasteiger partial charge in [-0.3, -0.25) is 0 Å². The summed E-state index contributed by atoms with van der Waals surface area (Å²) in [5, 5.41) is 3.39. The number of aryl methyl sites for hydroxylation is 1. The molecule has 0 saturated heterocycles. The van der Waals surface area contributed by atoms with Gasteiger partial charge in [-0.05, 0) is 48.4 Å². The highest BCUT2D eigenvalue weighted by Crippen LogP contribution is 2.24. The molecule has 0 spiro atoms. The van der Waals surface area contributed by atoms with Gasteiger partial charge in [0.25, 0.3) is 0 Å². The first kappa shape index (κ1) is 18.6. The van der Waals surface area contributed by atoms with E-state index in [0.717, 1.165) is 26.9 Å². The first-order valence-corrected chi connectivity index (χ1v) is 9.31. The van der Waals surface area contributed by atoms with Crippen LogP contribution in [-0.2, 0) is 19.7 Å². The molecule has 2 nitrogen and oxygen atoms in total. The van der Waals surface area contributed by atoms with Crippen molar-refractivity contribution in [2.75, 3.05) is 0 Å². The maximum Gasteiger partial charge on any atom is 0.124 e. The molecule has 0 aromatic heterocycles. The summed E-state index contributed by atoms with van der Waals surface area (Å²) in [4.78, 5) is 0. The summed E-state index contributed by atoms with van der Waals surface area (Å²) in [6.07, 6.45) is 0. The average Bonchev–Trinajstić information content (AvgIpc) is 2.64. The van der Waals surface area contributed by atoms with Crippen molar-refractivity contribution < 1.29 is 9.13 Å². The van der Waals surface area contributed by atoms with Crippen LogP contribution < -0.4 is 10.1 Å². The first-order chi connectivity index (χ1) is 12.6. The van der Waals surface area contributed by atoms with E-state index in [2.05, 4.69) is 58.5 Å². The van der Waals surface area contributed by atoms with Crippen LogP contribution in [-0.4, -0.2) is 0 Å². The van der Waals surface area contributed by atoms with Gasteiger partial charge in [0.05, 0.1) is 0 Å². The van der Waals surface area contributed by atoms with E-state index in [1.54, 1.807) is 12.1 Å². The van der Waals surface area contributed by atoms with Gasteiger partial charge >= 0.3 is 0 Å². The van der Waals surface area contributed by atoms with Crippen LogP contribution in [0.4, 0.5) is 4.39 Å². The first-order valence-electron chi connectivity index (χ1n) is 8.52. The Hall–Kier alpha value is -2.17. The third-order valence-corrected chi connectivity index (χ3v) is 4.59. The smallest absolute Gasteiger partial charge is 0.124 e. The lowest BCUT2D eigenvalue weighted by Crippen LogP contribution is -2.13. The molecule has 0 radical (unpaired) electrons. The molecule has 0 bridgehead atoms. The van der Waals surface area contributed by atoms with Crippen LogP contribution in [0.5, 0.6) is 5.75 Å². The molecule has 0 aliphatic rings. The fourth-order valence-electron chi connectivity index (χ4n) is 2.62. The monoisotopic (exact) mass is 413 g/mol. The van der Waals surface area contributed by atoms with Gasteiger partial charge in [0.2, 0.25) is 0 Å². The molecule has 4 heteroatoms. The Labute approximate surface area is 162 Å². The minimum absolute atomic E-state index is 0.215. The molecular weight excluding hydrogens is 393 g/mol. The van der Waals surface area contributed by atoms with Crippen LogP contribution in [0.2, 0.25) is 0 Å². The second-order valence-corrected chi connectivity index (χ2v) is 7.17. The summed E-state index contributed by atoms with van der Waals surface area (Å²) < 4.78 is 20.0. The van der Waals surface area contributed by atoms with Crippen molar-refractivity contribution in [3.8, 4) is 5.75 Å². The number of rotatable bonds is 7. The number of hydrogen-bond donors (Lipinski definition) is 1. The predicted molar refractivity (Wildman–Crippen MR) is 107 cm³/mol. The summed E-state index contributed by atoms with van der Waals surface area (Å²) in [7, 11) is 0. The van der Waals surface area contributed by atoms with Crippen LogP contribution in [0.3, 0.4) is 0 Å². The van der Waals surface area contributed by atoms with E-state index in [-0.39, 0.29) is 5.82 Å². The second-order valence-electron chi connectivity index (χ2n) is 6.26. The van der Waals surface area contributed by atoms with Crippen molar-refractivity contribution in [3.63, 3.8) is 0 Å². The zero-order valence-electron chi connectivity index (χ0n) is 14.6. The molecule has 0 unspecified atom stereocenters. The molecule has 3 rings (SSSR count). The molecule has 26 heavy (non-hydrogen) atoms. The maximum absolute atomic E-state index is 13.0. The van der Waals surface area contributed by atoms with Gasteiger partial charge in [-0.25, -0.2) is 4.39 Å². The topological polar surface area (TPSA) is 21.3 Å². The Bertz CT molecular complexity index is 847. The van der Waals surface area contributed by atoms with E-state index < -0.39 is 0 Å². The Morgan fingerprint density at radius 3 is 2.31 bits per heavy atom. The predicted octanol–water partition coefficient (Wildman–Crippen LogP) is 5.77. The summed E-state index contributed by atoms with van der Waals surface area (Å²) in [5.41, 5.74) is 4.50.